The van der Waals surface area contributed by atoms with Crippen LogP contribution in [0.2, 0.25) is 0 Å². The lowest BCUT2D eigenvalue weighted by Gasteiger charge is -2.37. The van der Waals surface area contributed by atoms with Crippen LogP contribution in [-0.2, 0) is 0 Å². The molecule has 1 aromatic heterocycles. The van der Waals surface area contributed by atoms with Crippen molar-refractivity contribution >= 4 is 45.6 Å². The van der Waals surface area contributed by atoms with E-state index in [0.29, 0.717) is 48.4 Å². The number of thiocarbonyl (C=S) groups is 1. The molecule has 2 aromatic carbocycles. The average Bonchev–Trinajstić information content (AvgIpc) is 2.87. The standard InChI is InChI=1S/C22H22N6O5S/c1-32-18-11-16-17(12-19(18)33-2)23-13-24-20(16)26-7-9-27(10-8-26)22(34)25-21(29)14-3-5-15(6-4-14)28(30)31/h3-6,11-13H,7-10H2,1-2H3,(H,25,29,34). The summed E-state index contributed by atoms with van der Waals surface area (Å²) >= 11 is 5.42. The maximum Gasteiger partial charge on any atom is 0.269 e. The van der Waals surface area contributed by atoms with Gasteiger partial charge < -0.3 is 19.3 Å². The molecule has 34 heavy (non-hydrogen) atoms. The van der Waals surface area contributed by atoms with Gasteiger partial charge in [-0.1, -0.05) is 0 Å². The lowest BCUT2D eigenvalue weighted by atomic mass is 10.2. The second-order valence-electron chi connectivity index (χ2n) is 7.46. The Hall–Kier alpha value is -4.06. The van der Waals surface area contributed by atoms with E-state index in [1.807, 2.05) is 17.0 Å². The number of aromatic nitrogens is 2. The number of benzene rings is 2. The predicted octanol–water partition coefficient (Wildman–Crippen LogP) is 2.39. The fraction of sp³-hybridized carbons (Fsp3) is 0.273. The molecule has 1 aliphatic heterocycles. The molecule has 0 spiro atoms. The third kappa shape index (κ3) is 4.66. The zero-order valence-corrected chi connectivity index (χ0v) is 19.4. The number of hydrogen-bond acceptors (Lipinski definition) is 9. The van der Waals surface area contributed by atoms with Crippen molar-refractivity contribution in [2.75, 3.05) is 45.3 Å². The number of nitrogens with one attached hydrogen (secondary N) is 1. The number of piperazine rings is 1. The van der Waals surface area contributed by atoms with E-state index >= 15 is 0 Å². The number of nitro benzene ring substituents is 1. The molecule has 1 aliphatic rings. The monoisotopic (exact) mass is 482 g/mol. The van der Waals surface area contributed by atoms with Crippen molar-refractivity contribution in [3.8, 4) is 11.5 Å². The van der Waals surface area contributed by atoms with Gasteiger partial charge in [-0.25, -0.2) is 9.97 Å². The SMILES string of the molecule is COc1cc2ncnc(N3CCN(C(=S)NC(=O)c4ccc([N+](=O)[O-])cc4)CC3)c2cc1OC. The molecular formula is C22H22N6O5S. The van der Waals surface area contributed by atoms with E-state index in [-0.39, 0.29) is 5.69 Å². The van der Waals surface area contributed by atoms with E-state index in [1.54, 1.807) is 14.2 Å². The molecule has 0 aliphatic carbocycles. The third-order valence-electron chi connectivity index (χ3n) is 5.55. The van der Waals surface area contributed by atoms with Gasteiger partial charge >= 0.3 is 0 Å². The van der Waals surface area contributed by atoms with Crippen LogP contribution in [-0.4, -0.2) is 71.2 Å². The molecule has 0 bridgehead atoms. The normalized spacial score (nSPS) is 13.5. The number of non-ortho nitro benzene ring substituents is 1. The van der Waals surface area contributed by atoms with Crippen LogP contribution in [0, 0.1) is 10.1 Å². The first-order valence-corrected chi connectivity index (χ1v) is 10.8. The van der Waals surface area contributed by atoms with E-state index in [1.165, 1.54) is 30.6 Å². The van der Waals surface area contributed by atoms with E-state index < -0.39 is 10.8 Å². The summed E-state index contributed by atoms with van der Waals surface area (Å²) in [6.45, 7) is 2.43. The van der Waals surface area contributed by atoms with Gasteiger partial charge in [-0.3, -0.25) is 20.2 Å². The highest BCUT2D eigenvalue weighted by Gasteiger charge is 2.23. The molecular weight excluding hydrogens is 460 g/mol. The van der Waals surface area contributed by atoms with Gasteiger partial charge in [0.1, 0.15) is 12.1 Å². The predicted molar refractivity (Wildman–Crippen MR) is 130 cm³/mol. The highest BCUT2D eigenvalue weighted by molar-refractivity contribution is 7.80. The first kappa shape index (κ1) is 23.1. The van der Waals surface area contributed by atoms with E-state index in [0.717, 1.165) is 16.7 Å². The smallest absolute Gasteiger partial charge is 0.269 e. The number of carbonyl (C=O) groups is 1. The minimum Gasteiger partial charge on any atom is -0.493 e. The topological polar surface area (TPSA) is 123 Å². The minimum atomic E-state index is -0.515. The summed E-state index contributed by atoms with van der Waals surface area (Å²) < 4.78 is 10.8. The molecule has 4 rings (SSSR count). The van der Waals surface area contributed by atoms with E-state index in [2.05, 4.69) is 20.2 Å². The number of carbonyl (C=O) groups excluding carboxylic acids is 1. The van der Waals surface area contributed by atoms with Gasteiger partial charge in [0.2, 0.25) is 0 Å². The highest BCUT2D eigenvalue weighted by atomic mass is 32.1. The van der Waals surface area contributed by atoms with Gasteiger partial charge in [0.15, 0.2) is 16.6 Å². The molecule has 0 atom stereocenters. The number of nitro groups is 1. The Labute approximate surface area is 200 Å². The van der Waals surface area contributed by atoms with Crippen LogP contribution in [0.15, 0.2) is 42.7 Å². The van der Waals surface area contributed by atoms with Gasteiger partial charge in [0.05, 0.1) is 24.7 Å². The third-order valence-corrected chi connectivity index (χ3v) is 5.91. The summed E-state index contributed by atoms with van der Waals surface area (Å²) in [5.41, 5.74) is 0.961. The second-order valence-corrected chi connectivity index (χ2v) is 7.85. The largest absolute Gasteiger partial charge is 0.493 e. The molecule has 0 saturated carbocycles. The van der Waals surface area contributed by atoms with Crippen molar-refractivity contribution < 1.29 is 19.2 Å². The number of ether oxygens (including phenoxy) is 2. The Kier molecular flexibility index (Phi) is 6.68. The number of fused-ring (bicyclic) bond motifs is 1. The zero-order chi connectivity index (χ0) is 24.2. The van der Waals surface area contributed by atoms with Crippen molar-refractivity contribution in [2.24, 2.45) is 0 Å². The van der Waals surface area contributed by atoms with Crippen molar-refractivity contribution in [3.63, 3.8) is 0 Å². The van der Waals surface area contributed by atoms with E-state index in [4.69, 9.17) is 21.7 Å². The number of hydrogen-bond donors (Lipinski definition) is 1. The Morgan fingerprint density at radius 2 is 1.71 bits per heavy atom. The molecule has 1 fully saturated rings. The van der Waals surface area contributed by atoms with Crippen molar-refractivity contribution in [2.45, 2.75) is 0 Å². The van der Waals surface area contributed by atoms with Gasteiger partial charge in [0.25, 0.3) is 11.6 Å². The molecule has 12 heteroatoms. The molecule has 1 saturated heterocycles. The summed E-state index contributed by atoms with van der Waals surface area (Å²) in [5.74, 6) is 1.56. The lowest BCUT2D eigenvalue weighted by molar-refractivity contribution is -0.384. The van der Waals surface area contributed by atoms with Crippen molar-refractivity contribution in [3.05, 3.63) is 58.4 Å². The lowest BCUT2D eigenvalue weighted by Crippen LogP contribution is -2.53. The maximum absolute atomic E-state index is 12.5. The van der Waals surface area contributed by atoms with Gasteiger partial charge in [0, 0.05) is 55.3 Å². The number of nitrogens with zero attached hydrogens (tertiary/aromatic N) is 5. The number of rotatable bonds is 5. The quantitative estimate of drug-likeness (QED) is 0.329. The first-order valence-electron chi connectivity index (χ1n) is 10.4. The van der Waals surface area contributed by atoms with Crippen LogP contribution in [0.5, 0.6) is 11.5 Å². The Bertz CT molecular complexity index is 1240. The van der Waals surface area contributed by atoms with Gasteiger partial charge in [-0.05, 0) is 30.4 Å². The van der Waals surface area contributed by atoms with Crippen LogP contribution in [0.25, 0.3) is 10.9 Å². The Morgan fingerprint density at radius 1 is 1.06 bits per heavy atom. The molecule has 1 amide bonds. The van der Waals surface area contributed by atoms with Crippen LogP contribution >= 0.6 is 12.2 Å². The number of amides is 1. The fourth-order valence-electron chi connectivity index (χ4n) is 3.73. The Morgan fingerprint density at radius 3 is 2.32 bits per heavy atom. The highest BCUT2D eigenvalue weighted by Crippen LogP contribution is 2.34. The van der Waals surface area contributed by atoms with Crippen molar-refractivity contribution in [1.82, 2.24) is 20.2 Å². The molecule has 2 heterocycles. The van der Waals surface area contributed by atoms with Crippen LogP contribution in [0.3, 0.4) is 0 Å². The van der Waals surface area contributed by atoms with Crippen molar-refractivity contribution in [1.29, 1.82) is 0 Å². The average molecular weight is 483 g/mol. The first-order chi connectivity index (χ1) is 16.4. The van der Waals surface area contributed by atoms with Crippen LogP contribution < -0.4 is 19.7 Å². The molecule has 1 N–H and O–H groups in total. The number of methoxy groups -OCH3 is 2. The summed E-state index contributed by atoms with van der Waals surface area (Å²) in [5, 5.41) is 14.6. The summed E-state index contributed by atoms with van der Waals surface area (Å²) in [6.07, 6.45) is 1.52. The second kappa shape index (κ2) is 9.83. The summed E-state index contributed by atoms with van der Waals surface area (Å²) in [6, 6.07) is 9.05. The Balaban J connectivity index is 1.42. The minimum absolute atomic E-state index is 0.0800. The van der Waals surface area contributed by atoms with E-state index in [9.17, 15) is 14.9 Å². The van der Waals surface area contributed by atoms with Gasteiger partial charge in [-0.2, -0.15) is 0 Å². The summed E-state index contributed by atoms with van der Waals surface area (Å²) in [4.78, 5) is 35.6. The maximum atomic E-state index is 12.5. The molecule has 0 unspecified atom stereocenters. The fourth-order valence-corrected chi connectivity index (χ4v) is 4.00. The molecule has 11 nitrogen and oxygen atoms in total. The summed E-state index contributed by atoms with van der Waals surface area (Å²) in [7, 11) is 3.16. The van der Waals surface area contributed by atoms with Crippen LogP contribution in [0.4, 0.5) is 11.5 Å². The number of anilines is 1. The molecule has 0 radical (unpaired) electrons. The van der Waals surface area contributed by atoms with Crippen LogP contribution in [0.1, 0.15) is 10.4 Å². The zero-order valence-electron chi connectivity index (χ0n) is 18.6. The van der Waals surface area contributed by atoms with Gasteiger partial charge in [-0.15, -0.1) is 0 Å². The molecule has 3 aromatic rings. The molecule has 176 valence electrons.